The summed E-state index contributed by atoms with van der Waals surface area (Å²) in [6.07, 6.45) is 3.80. The van der Waals surface area contributed by atoms with Gasteiger partial charge in [-0.15, -0.1) is 0 Å². The lowest BCUT2D eigenvalue weighted by atomic mass is 9.97. The number of hydrogen-bond donors (Lipinski definition) is 1. The van der Waals surface area contributed by atoms with Crippen LogP contribution in [0.25, 0.3) is 0 Å². The predicted molar refractivity (Wildman–Crippen MR) is 46.1 cm³/mol. The largest absolute Gasteiger partial charge is 0.372 e. The number of nitrogens with zero attached hydrogens (tertiary/aromatic N) is 1. The van der Waals surface area contributed by atoms with Crippen LogP contribution in [0.1, 0.15) is 12.8 Å². The van der Waals surface area contributed by atoms with Gasteiger partial charge in [-0.05, 0) is 13.0 Å². The van der Waals surface area contributed by atoms with Crippen molar-refractivity contribution < 1.29 is 4.74 Å². The number of morpholine rings is 1. The quantitative estimate of drug-likeness (QED) is 0.588. The van der Waals surface area contributed by atoms with E-state index in [4.69, 9.17) is 4.74 Å². The highest BCUT2D eigenvalue weighted by Gasteiger charge is 2.40. The molecule has 3 atom stereocenters. The van der Waals surface area contributed by atoms with E-state index in [0.29, 0.717) is 12.2 Å². The Labute approximate surface area is 73.1 Å². The summed E-state index contributed by atoms with van der Waals surface area (Å²) < 4.78 is 5.60. The van der Waals surface area contributed by atoms with Crippen LogP contribution < -0.4 is 5.32 Å². The molecule has 0 saturated carbocycles. The molecule has 2 bridgehead atoms. The Bertz CT molecular complexity index is 163. The van der Waals surface area contributed by atoms with Crippen LogP contribution in [0, 0.1) is 0 Å². The number of hydrogen-bond acceptors (Lipinski definition) is 3. The highest BCUT2D eigenvalue weighted by molar-refractivity contribution is 4.93. The average molecular weight is 168 g/mol. The summed E-state index contributed by atoms with van der Waals surface area (Å²) in [5.41, 5.74) is 0. The van der Waals surface area contributed by atoms with Crippen LogP contribution in [0.4, 0.5) is 0 Å². The van der Waals surface area contributed by atoms with E-state index < -0.39 is 0 Å². The van der Waals surface area contributed by atoms with Gasteiger partial charge in [-0.25, -0.2) is 0 Å². The third kappa shape index (κ3) is 1.08. The van der Waals surface area contributed by atoms with Crippen LogP contribution in [-0.2, 0) is 4.74 Å². The molecule has 1 N–H and O–H groups in total. The predicted octanol–water partition coefficient (Wildman–Crippen LogP) is -0.179. The van der Waals surface area contributed by atoms with E-state index in [9.17, 15) is 0 Å². The zero-order valence-corrected chi connectivity index (χ0v) is 7.33. The van der Waals surface area contributed by atoms with Crippen molar-refractivity contribution >= 4 is 0 Å². The van der Waals surface area contributed by atoms with Gasteiger partial charge in [0.15, 0.2) is 0 Å². The van der Waals surface area contributed by atoms with Gasteiger partial charge in [-0.1, -0.05) is 0 Å². The first-order valence-corrected chi connectivity index (χ1v) is 5.02. The molecule has 0 amide bonds. The van der Waals surface area contributed by atoms with Gasteiger partial charge in [0, 0.05) is 32.1 Å². The molecule has 4 saturated heterocycles. The first kappa shape index (κ1) is 7.30. The van der Waals surface area contributed by atoms with Crippen LogP contribution in [0.3, 0.4) is 0 Å². The number of fused-ring (bicyclic) bond motifs is 2. The standard InChI is InChI=1S/C9H16N2O/c1-2-10-4-7(1)11-5-8-3-9(6-11)12-8/h7-10H,1-6H2. The van der Waals surface area contributed by atoms with Gasteiger partial charge in [0.1, 0.15) is 0 Å². The second-order valence-electron chi connectivity index (χ2n) is 4.22. The molecule has 4 heterocycles. The van der Waals surface area contributed by atoms with Crippen LogP contribution in [0.15, 0.2) is 0 Å². The monoisotopic (exact) mass is 168 g/mol. The van der Waals surface area contributed by atoms with Crippen molar-refractivity contribution in [1.29, 1.82) is 0 Å². The number of rotatable bonds is 1. The maximum atomic E-state index is 5.60. The summed E-state index contributed by atoms with van der Waals surface area (Å²) in [5.74, 6) is 0. The van der Waals surface area contributed by atoms with Gasteiger partial charge in [0.05, 0.1) is 12.2 Å². The van der Waals surface area contributed by atoms with E-state index in [-0.39, 0.29) is 0 Å². The van der Waals surface area contributed by atoms with Crippen molar-refractivity contribution in [2.75, 3.05) is 26.2 Å². The second kappa shape index (κ2) is 2.69. The van der Waals surface area contributed by atoms with Crippen molar-refractivity contribution in [2.24, 2.45) is 0 Å². The Morgan fingerprint density at radius 1 is 1.25 bits per heavy atom. The summed E-state index contributed by atoms with van der Waals surface area (Å²) >= 11 is 0. The molecule has 3 unspecified atom stereocenters. The third-order valence-corrected chi connectivity index (χ3v) is 3.34. The maximum Gasteiger partial charge on any atom is 0.0731 e. The third-order valence-electron chi connectivity index (χ3n) is 3.34. The molecular weight excluding hydrogens is 152 g/mol. The molecule has 3 nitrogen and oxygen atoms in total. The summed E-state index contributed by atoms with van der Waals surface area (Å²) in [6.45, 7) is 4.77. The van der Waals surface area contributed by atoms with E-state index in [0.717, 1.165) is 6.04 Å². The normalized spacial score (nSPS) is 47.5. The minimum absolute atomic E-state index is 0.573. The highest BCUT2D eigenvalue weighted by atomic mass is 16.5. The zero-order chi connectivity index (χ0) is 7.97. The van der Waals surface area contributed by atoms with Crippen molar-refractivity contribution in [3.8, 4) is 0 Å². The van der Waals surface area contributed by atoms with E-state index in [2.05, 4.69) is 10.2 Å². The van der Waals surface area contributed by atoms with Crippen molar-refractivity contribution in [1.82, 2.24) is 10.2 Å². The lowest BCUT2D eigenvalue weighted by molar-refractivity contribution is -0.186. The smallest absolute Gasteiger partial charge is 0.0731 e. The molecule has 3 heteroatoms. The van der Waals surface area contributed by atoms with Crippen molar-refractivity contribution in [2.45, 2.75) is 31.1 Å². The highest BCUT2D eigenvalue weighted by Crippen LogP contribution is 2.29. The second-order valence-corrected chi connectivity index (χ2v) is 4.22. The molecule has 4 aliphatic rings. The molecule has 68 valence electrons. The Balaban J connectivity index is 1.62. The fraction of sp³-hybridized carbons (Fsp3) is 1.00. The Kier molecular flexibility index (Phi) is 1.63. The molecule has 4 rings (SSSR count). The Morgan fingerprint density at radius 2 is 2.00 bits per heavy atom. The Morgan fingerprint density at radius 3 is 2.58 bits per heavy atom. The van der Waals surface area contributed by atoms with Gasteiger partial charge in [-0.2, -0.15) is 0 Å². The lowest BCUT2D eigenvalue weighted by Gasteiger charge is -2.49. The first-order chi connectivity index (χ1) is 5.92. The summed E-state index contributed by atoms with van der Waals surface area (Å²) in [5, 5.41) is 3.42. The van der Waals surface area contributed by atoms with Crippen LogP contribution in [0.5, 0.6) is 0 Å². The van der Waals surface area contributed by atoms with Crippen molar-refractivity contribution in [3.63, 3.8) is 0 Å². The van der Waals surface area contributed by atoms with E-state index in [1.807, 2.05) is 0 Å². The number of ether oxygens (including phenoxy) is 1. The topological polar surface area (TPSA) is 24.5 Å². The number of nitrogens with one attached hydrogen (secondary N) is 1. The molecule has 0 aromatic carbocycles. The van der Waals surface area contributed by atoms with Crippen molar-refractivity contribution in [3.05, 3.63) is 0 Å². The molecule has 0 aromatic rings. The van der Waals surface area contributed by atoms with E-state index in [1.165, 1.54) is 39.0 Å². The minimum Gasteiger partial charge on any atom is -0.372 e. The molecule has 4 fully saturated rings. The fourth-order valence-electron chi connectivity index (χ4n) is 2.64. The summed E-state index contributed by atoms with van der Waals surface area (Å²) in [4.78, 5) is 2.61. The van der Waals surface area contributed by atoms with Crippen LogP contribution in [-0.4, -0.2) is 49.3 Å². The molecule has 0 spiro atoms. The van der Waals surface area contributed by atoms with Crippen LogP contribution in [0.2, 0.25) is 0 Å². The fourth-order valence-corrected chi connectivity index (χ4v) is 2.64. The maximum absolute atomic E-state index is 5.60. The van der Waals surface area contributed by atoms with Gasteiger partial charge >= 0.3 is 0 Å². The Hall–Kier alpha value is -0.120. The minimum atomic E-state index is 0.573. The van der Waals surface area contributed by atoms with E-state index in [1.54, 1.807) is 0 Å². The molecule has 0 aromatic heterocycles. The SMILES string of the molecule is C1CC(N2CC3CC(C2)O3)CN1. The molecule has 0 aliphatic carbocycles. The average Bonchev–Trinajstić information content (AvgIpc) is 2.55. The van der Waals surface area contributed by atoms with Gasteiger partial charge in [-0.3, -0.25) is 4.90 Å². The molecule has 12 heavy (non-hydrogen) atoms. The molecule has 4 aliphatic heterocycles. The van der Waals surface area contributed by atoms with Gasteiger partial charge in [0.2, 0.25) is 0 Å². The summed E-state index contributed by atoms with van der Waals surface area (Å²) in [7, 11) is 0. The van der Waals surface area contributed by atoms with Gasteiger partial charge < -0.3 is 10.1 Å². The lowest BCUT2D eigenvalue weighted by Crippen LogP contribution is -2.60. The van der Waals surface area contributed by atoms with Gasteiger partial charge in [0.25, 0.3) is 0 Å². The summed E-state index contributed by atoms with van der Waals surface area (Å²) in [6, 6.07) is 0.805. The van der Waals surface area contributed by atoms with Crippen LogP contribution >= 0.6 is 0 Å². The number of piperidine rings is 1. The molecular formula is C9H16N2O. The zero-order valence-electron chi connectivity index (χ0n) is 7.33. The molecule has 0 radical (unpaired) electrons. The van der Waals surface area contributed by atoms with E-state index >= 15 is 0 Å². The first-order valence-electron chi connectivity index (χ1n) is 5.02.